The number of hydrogen-bond donors (Lipinski definition) is 1. The first-order valence-electron chi connectivity index (χ1n) is 4.41. The van der Waals surface area contributed by atoms with Gasteiger partial charge in [-0.3, -0.25) is 4.68 Å². The lowest BCUT2D eigenvalue weighted by molar-refractivity contribution is 0.176. The zero-order valence-electron chi connectivity index (χ0n) is 7.73. The number of rotatable bonds is 2. The molecule has 0 saturated carbocycles. The maximum atomic E-state index is 5.78. The van der Waals surface area contributed by atoms with Crippen molar-refractivity contribution in [1.82, 2.24) is 15.0 Å². The van der Waals surface area contributed by atoms with Crippen molar-refractivity contribution in [2.24, 2.45) is 12.8 Å². The van der Waals surface area contributed by atoms with E-state index in [9.17, 15) is 0 Å². The number of aryl methyl sites for hydroxylation is 1. The topological polar surface area (TPSA) is 66.0 Å². The maximum absolute atomic E-state index is 5.78. The highest BCUT2D eigenvalue weighted by Crippen LogP contribution is 2.30. The maximum Gasteiger partial charge on any atom is 0.0732 e. The fourth-order valence-corrected chi connectivity index (χ4v) is 1.84. The lowest BCUT2D eigenvalue weighted by atomic mass is 9.84. The molecule has 72 valence electrons. The Morgan fingerprint density at radius 2 is 2.62 bits per heavy atom. The van der Waals surface area contributed by atoms with Crippen LogP contribution in [0.15, 0.2) is 6.20 Å². The Morgan fingerprint density at radius 3 is 3.08 bits per heavy atom. The number of nitrogens with zero attached hydrogens (tertiary/aromatic N) is 3. The quantitative estimate of drug-likeness (QED) is 0.665. The molecule has 2 N–H and O–H groups in total. The number of aromatic nitrogens is 3. The molecule has 1 fully saturated rings. The number of hydrogen-bond acceptors (Lipinski definition) is 4. The van der Waals surface area contributed by atoms with Crippen LogP contribution >= 0.6 is 0 Å². The molecule has 0 bridgehead atoms. The van der Waals surface area contributed by atoms with E-state index in [2.05, 4.69) is 10.3 Å². The summed E-state index contributed by atoms with van der Waals surface area (Å²) in [5, 5.41) is 7.77. The number of nitrogens with two attached hydrogens (primary N) is 1. The lowest BCUT2D eigenvalue weighted by Gasteiger charge is -2.24. The first-order valence-corrected chi connectivity index (χ1v) is 4.41. The monoisotopic (exact) mass is 182 g/mol. The van der Waals surface area contributed by atoms with E-state index in [-0.39, 0.29) is 5.41 Å². The molecule has 5 heteroatoms. The van der Waals surface area contributed by atoms with E-state index in [1.165, 1.54) is 0 Å². The minimum Gasteiger partial charge on any atom is -0.380 e. The second-order valence-corrected chi connectivity index (χ2v) is 3.53. The molecule has 0 aromatic carbocycles. The van der Waals surface area contributed by atoms with Gasteiger partial charge in [0.2, 0.25) is 0 Å². The van der Waals surface area contributed by atoms with Crippen molar-refractivity contribution in [2.75, 3.05) is 19.8 Å². The van der Waals surface area contributed by atoms with Crippen LogP contribution in [0.2, 0.25) is 0 Å². The zero-order valence-corrected chi connectivity index (χ0v) is 7.73. The van der Waals surface area contributed by atoms with Gasteiger partial charge in [-0.1, -0.05) is 5.21 Å². The van der Waals surface area contributed by atoms with Crippen molar-refractivity contribution in [1.29, 1.82) is 0 Å². The third-order valence-corrected chi connectivity index (χ3v) is 2.75. The van der Waals surface area contributed by atoms with Gasteiger partial charge in [0.25, 0.3) is 0 Å². The van der Waals surface area contributed by atoms with E-state index in [1.54, 1.807) is 10.9 Å². The van der Waals surface area contributed by atoms with Gasteiger partial charge in [-0.2, -0.15) is 0 Å². The summed E-state index contributed by atoms with van der Waals surface area (Å²) in [5.41, 5.74) is 6.80. The standard InChI is InChI=1S/C8H14N4O/c1-12-7(4-10-11-12)8(5-9)2-3-13-6-8/h4H,2-3,5-6,9H2,1H3. The molecule has 0 radical (unpaired) electrons. The molecule has 0 amide bonds. The summed E-state index contributed by atoms with van der Waals surface area (Å²) in [6.07, 6.45) is 2.74. The molecule has 2 heterocycles. The van der Waals surface area contributed by atoms with Crippen LogP contribution < -0.4 is 5.73 Å². The summed E-state index contributed by atoms with van der Waals surface area (Å²) in [6.45, 7) is 2.06. The molecule has 1 aromatic heterocycles. The van der Waals surface area contributed by atoms with Crippen LogP contribution in [0.25, 0.3) is 0 Å². The van der Waals surface area contributed by atoms with Gasteiger partial charge in [-0.05, 0) is 6.42 Å². The average Bonchev–Trinajstić information content (AvgIpc) is 2.73. The van der Waals surface area contributed by atoms with E-state index < -0.39 is 0 Å². The molecule has 1 atom stereocenters. The largest absolute Gasteiger partial charge is 0.380 e. The molecule has 1 aliphatic heterocycles. The predicted octanol–water partition coefficient (Wildman–Crippen LogP) is -0.568. The highest BCUT2D eigenvalue weighted by molar-refractivity contribution is 5.16. The molecule has 1 saturated heterocycles. The smallest absolute Gasteiger partial charge is 0.0732 e. The highest BCUT2D eigenvalue weighted by Gasteiger charge is 2.38. The van der Waals surface area contributed by atoms with Gasteiger partial charge < -0.3 is 10.5 Å². The highest BCUT2D eigenvalue weighted by atomic mass is 16.5. The molecule has 2 rings (SSSR count). The minimum atomic E-state index is -0.0573. The molecule has 0 aliphatic carbocycles. The Balaban J connectivity index is 2.36. The van der Waals surface area contributed by atoms with E-state index in [1.807, 2.05) is 7.05 Å². The van der Waals surface area contributed by atoms with E-state index in [4.69, 9.17) is 10.5 Å². The van der Waals surface area contributed by atoms with Gasteiger partial charge in [0, 0.05) is 20.2 Å². The predicted molar refractivity (Wildman–Crippen MR) is 47.2 cm³/mol. The van der Waals surface area contributed by atoms with Gasteiger partial charge >= 0.3 is 0 Å². The first kappa shape index (κ1) is 8.65. The lowest BCUT2D eigenvalue weighted by Crippen LogP contribution is -2.37. The van der Waals surface area contributed by atoms with Gasteiger partial charge in [0.15, 0.2) is 0 Å². The SMILES string of the molecule is Cn1nncc1C1(CN)CCOC1. The van der Waals surface area contributed by atoms with Crippen molar-refractivity contribution >= 4 is 0 Å². The molecule has 1 aromatic rings. The average molecular weight is 182 g/mol. The van der Waals surface area contributed by atoms with Crippen LogP contribution in [-0.4, -0.2) is 34.8 Å². The van der Waals surface area contributed by atoms with Crippen molar-refractivity contribution in [3.05, 3.63) is 11.9 Å². The van der Waals surface area contributed by atoms with E-state index in [0.29, 0.717) is 13.2 Å². The Labute approximate surface area is 76.9 Å². The fourth-order valence-electron chi connectivity index (χ4n) is 1.84. The van der Waals surface area contributed by atoms with Crippen molar-refractivity contribution in [3.63, 3.8) is 0 Å². The summed E-state index contributed by atoms with van der Waals surface area (Å²) in [7, 11) is 1.89. The van der Waals surface area contributed by atoms with Crippen LogP contribution in [-0.2, 0) is 17.2 Å². The van der Waals surface area contributed by atoms with Crippen LogP contribution in [0.1, 0.15) is 12.1 Å². The van der Waals surface area contributed by atoms with E-state index in [0.717, 1.165) is 18.7 Å². The van der Waals surface area contributed by atoms with Crippen molar-refractivity contribution in [2.45, 2.75) is 11.8 Å². The van der Waals surface area contributed by atoms with Gasteiger partial charge in [0.05, 0.1) is 23.9 Å². The number of ether oxygens (including phenoxy) is 1. The Hall–Kier alpha value is -0.940. The molecule has 1 unspecified atom stereocenters. The van der Waals surface area contributed by atoms with Crippen LogP contribution in [0.5, 0.6) is 0 Å². The van der Waals surface area contributed by atoms with Crippen LogP contribution in [0, 0.1) is 0 Å². The third-order valence-electron chi connectivity index (χ3n) is 2.75. The second kappa shape index (κ2) is 3.08. The third kappa shape index (κ3) is 1.24. The molecule has 1 aliphatic rings. The molecule has 13 heavy (non-hydrogen) atoms. The summed E-state index contributed by atoms with van der Waals surface area (Å²) in [5.74, 6) is 0. The van der Waals surface area contributed by atoms with Gasteiger partial charge in [-0.25, -0.2) is 0 Å². The molecule has 5 nitrogen and oxygen atoms in total. The van der Waals surface area contributed by atoms with Crippen LogP contribution in [0.4, 0.5) is 0 Å². The summed E-state index contributed by atoms with van der Waals surface area (Å²) in [6, 6.07) is 0. The van der Waals surface area contributed by atoms with Gasteiger partial charge in [-0.15, -0.1) is 5.10 Å². The summed E-state index contributed by atoms with van der Waals surface area (Å²) in [4.78, 5) is 0. The van der Waals surface area contributed by atoms with Crippen molar-refractivity contribution < 1.29 is 4.74 Å². The second-order valence-electron chi connectivity index (χ2n) is 3.53. The minimum absolute atomic E-state index is 0.0573. The molecular formula is C8H14N4O. The zero-order chi connectivity index (χ0) is 9.31. The van der Waals surface area contributed by atoms with Crippen molar-refractivity contribution in [3.8, 4) is 0 Å². The fraction of sp³-hybridized carbons (Fsp3) is 0.750. The van der Waals surface area contributed by atoms with Crippen LogP contribution in [0.3, 0.4) is 0 Å². The molecular weight excluding hydrogens is 168 g/mol. The molecule has 0 spiro atoms. The van der Waals surface area contributed by atoms with E-state index >= 15 is 0 Å². The summed E-state index contributed by atoms with van der Waals surface area (Å²) >= 11 is 0. The summed E-state index contributed by atoms with van der Waals surface area (Å²) < 4.78 is 7.16. The first-order chi connectivity index (χ1) is 6.28. The normalized spacial score (nSPS) is 28.2. The Bertz CT molecular complexity index is 290. The van der Waals surface area contributed by atoms with Gasteiger partial charge in [0.1, 0.15) is 0 Å². The Kier molecular flexibility index (Phi) is 2.05. The Morgan fingerprint density at radius 1 is 1.77 bits per heavy atom.